The minimum Gasteiger partial charge on any atom is -0.336 e. The highest BCUT2D eigenvalue weighted by atomic mass is 16.2. The van der Waals surface area contributed by atoms with Crippen molar-refractivity contribution in [3.05, 3.63) is 0 Å². The summed E-state index contributed by atoms with van der Waals surface area (Å²) in [6.45, 7) is 9.90. The van der Waals surface area contributed by atoms with Crippen LogP contribution in [0.5, 0.6) is 0 Å². The van der Waals surface area contributed by atoms with E-state index in [1.165, 1.54) is 0 Å². The van der Waals surface area contributed by atoms with Crippen molar-refractivity contribution < 1.29 is 9.59 Å². The first kappa shape index (κ1) is 15.9. The number of hydrogen-bond donors (Lipinski definition) is 3. The molecule has 1 rings (SSSR count). The standard InChI is InChI=1S/C13H26N4O2/c1-9(2)15-12(19)16-11(18)10(3)17-6-5-13(4,7-14)8-17/h9-10H,5-8,14H2,1-4H3,(H2,15,16,18,19). The van der Waals surface area contributed by atoms with Gasteiger partial charge in [-0.05, 0) is 45.7 Å². The Hall–Kier alpha value is -1.14. The maximum Gasteiger partial charge on any atom is 0.321 e. The molecule has 0 radical (unpaired) electrons. The van der Waals surface area contributed by atoms with Gasteiger partial charge in [0.1, 0.15) is 0 Å². The molecule has 1 aliphatic heterocycles. The van der Waals surface area contributed by atoms with E-state index in [0.29, 0.717) is 6.54 Å². The van der Waals surface area contributed by atoms with Gasteiger partial charge in [-0.25, -0.2) is 4.79 Å². The van der Waals surface area contributed by atoms with E-state index in [9.17, 15) is 9.59 Å². The Morgan fingerprint density at radius 2 is 2.00 bits per heavy atom. The van der Waals surface area contributed by atoms with Gasteiger partial charge in [-0.3, -0.25) is 15.0 Å². The number of nitrogens with two attached hydrogens (primary N) is 1. The van der Waals surface area contributed by atoms with Crippen LogP contribution in [0.4, 0.5) is 4.79 Å². The molecule has 1 saturated heterocycles. The number of amides is 3. The van der Waals surface area contributed by atoms with E-state index in [2.05, 4.69) is 22.5 Å². The topological polar surface area (TPSA) is 87.5 Å². The molecule has 0 bridgehead atoms. The minimum absolute atomic E-state index is 0.00965. The van der Waals surface area contributed by atoms with Crippen LogP contribution in [0.25, 0.3) is 0 Å². The summed E-state index contributed by atoms with van der Waals surface area (Å²) in [6.07, 6.45) is 0.985. The van der Waals surface area contributed by atoms with Gasteiger partial charge < -0.3 is 11.1 Å². The fraction of sp³-hybridized carbons (Fsp3) is 0.846. The number of rotatable bonds is 4. The zero-order valence-corrected chi connectivity index (χ0v) is 12.3. The Bertz CT molecular complexity index is 346. The molecule has 0 aromatic carbocycles. The van der Waals surface area contributed by atoms with Gasteiger partial charge >= 0.3 is 6.03 Å². The van der Waals surface area contributed by atoms with Crippen LogP contribution in [0.3, 0.4) is 0 Å². The van der Waals surface area contributed by atoms with Crippen LogP contribution in [0.1, 0.15) is 34.1 Å². The monoisotopic (exact) mass is 270 g/mol. The number of carbonyl (C=O) groups is 2. The third kappa shape index (κ3) is 4.47. The van der Waals surface area contributed by atoms with Gasteiger partial charge in [0.2, 0.25) is 5.91 Å². The molecule has 6 heteroatoms. The fourth-order valence-electron chi connectivity index (χ4n) is 2.24. The van der Waals surface area contributed by atoms with Crippen LogP contribution >= 0.6 is 0 Å². The van der Waals surface area contributed by atoms with Crippen molar-refractivity contribution >= 4 is 11.9 Å². The van der Waals surface area contributed by atoms with Crippen molar-refractivity contribution in [2.75, 3.05) is 19.6 Å². The molecule has 0 spiro atoms. The molecule has 0 aromatic heterocycles. The van der Waals surface area contributed by atoms with Gasteiger partial charge in [0.25, 0.3) is 0 Å². The molecule has 3 amide bonds. The lowest BCUT2D eigenvalue weighted by Gasteiger charge is -2.26. The average Bonchev–Trinajstić information content (AvgIpc) is 2.70. The Balaban J connectivity index is 2.48. The maximum absolute atomic E-state index is 12.0. The van der Waals surface area contributed by atoms with E-state index in [0.717, 1.165) is 19.5 Å². The zero-order valence-electron chi connectivity index (χ0n) is 12.3. The number of likely N-dealkylation sites (tertiary alicyclic amines) is 1. The summed E-state index contributed by atoms with van der Waals surface area (Å²) in [5, 5.41) is 5.01. The summed E-state index contributed by atoms with van der Waals surface area (Å²) < 4.78 is 0. The number of urea groups is 1. The smallest absolute Gasteiger partial charge is 0.321 e. The molecule has 110 valence electrons. The summed E-state index contributed by atoms with van der Waals surface area (Å²) in [5.74, 6) is -0.264. The van der Waals surface area contributed by atoms with Crippen molar-refractivity contribution in [3.63, 3.8) is 0 Å². The third-order valence-electron chi connectivity index (χ3n) is 3.66. The lowest BCUT2D eigenvalue weighted by atomic mass is 9.90. The number of nitrogens with one attached hydrogen (secondary N) is 2. The predicted octanol–water partition coefficient (Wildman–Crippen LogP) is 0.280. The summed E-state index contributed by atoms with van der Waals surface area (Å²) in [6, 6.07) is -0.741. The molecule has 6 nitrogen and oxygen atoms in total. The van der Waals surface area contributed by atoms with Crippen molar-refractivity contribution in [2.24, 2.45) is 11.1 Å². The highest BCUT2D eigenvalue weighted by Crippen LogP contribution is 2.29. The van der Waals surface area contributed by atoms with Crippen LogP contribution in [0.2, 0.25) is 0 Å². The van der Waals surface area contributed by atoms with Crippen molar-refractivity contribution in [2.45, 2.75) is 46.2 Å². The molecule has 0 aromatic rings. The van der Waals surface area contributed by atoms with Gasteiger partial charge in [0, 0.05) is 12.6 Å². The first-order chi connectivity index (χ1) is 8.77. The lowest BCUT2D eigenvalue weighted by Crippen LogP contribution is -2.50. The molecule has 2 atom stereocenters. The first-order valence-corrected chi connectivity index (χ1v) is 6.83. The van der Waals surface area contributed by atoms with E-state index < -0.39 is 6.03 Å². The van der Waals surface area contributed by atoms with E-state index in [4.69, 9.17) is 5.73 Å². The SMILES string of the molecule is CC(C)NC(=O)NC(=O)C(C)N1CCC(C)(CN)C1. The third-order valence-corrected chi connectivity index (χ3v) is 3.66. The second-order valence-corrected chi connectivity index (χ2v) is 6.03. The van der Waals surface area contributed by atoms with Gasteiger partial charge in [-0.15, -0.1) is 0 Å². The first-order valence-electron chi connectivity index (χ1n) is 6.83. The Labute approximate surface area is 115 Å². The minimum atomic E-state index is -0.437. The quantitative estimate of drug-likeness (QED) is 0.685. The summed E-state index contributed by atoms with van der Waals surface area (Å²) >= 11 is 0. The molecule has 1 heterocycles. The molecule has 4 N–H and O–H groups in total. The van der Waals surface area contributed by atoms with Gasteiger partial charge in [-0.1, -0.05) is 6.92 Å². The van der Waals surface area contributed by atoms with Gasteiger partial charge in [-0.2, -0.15) is 0 Å². The highest BCUT2D eigenvalue weighted by molar-refractivity contribution is 5.96. The Morgan fingerprint density at radius 1 is 1.37 bits per heavy atom. The van der Waals surface area contributed by atoms with E-state index in [1.807, 2.05) is 20.8 Å². The van der Waals surface area contributed by atoms with Crippen LogP contribution in [-0.4, -0.2) is 48.6 Å². The Morgan fingerprint density at radius 3 is 2.47 bits per heavy atom. The predicted molar refractivity (Wildman–Crippen MR) is 74.6 cm³/mol. The lowest BCUT2D eigenvalue weighted by molar-refractivity contribution is -0.124. The van der Waals surface area contributed by atoms with Crippen molar-refractivity contribution in [3.8, 4) is 0 Å². The summed E-state index contributed by atoms with van der Waals surface area (Å²) in [7, 11) is 0. The summed E-state index contributed by atoms with van der Waals surface area (Å²) in [5.41, 5.74) is 5.83. The molecular formula is C13H26N4O2. The largest absolute Gasteiger partial charge is 0.336 e. The molecule has 1 aliphatic rings. The second kappa shape index (κ2) is 6.34. The van der Waals surface area contributed by atoms with Crippen molar-refractivity contribution in [1.29, 1.82) is 0 Å². The van der Waals surface area contributed by atoms with Crippen LogP contribution in [-0.2, 0) is 4.79 Å². The normalized spacial score (nSPS) is 25.4. The van der Waals surface area contributed by atoms with Crippen molar-refractivity contribution in [1.82, 2.24) is 15.5 Å². The molecule has 2 unspecified atom stereocenters. The number of imide groups is 1. The highest BCUT2D eigenvalue weighted by Gasteiger charge is 2.36. The number of nitrogens with zero attached hydrogens (tertiary/aromatic N) is 1. The number of carbonyl (C=O) groups excluding carboxylic acids is 2. The average molecular weight is 270 g/mol. The summed E-state index contributed by atoms with van der Waals surface area (Å²) in [4.78, 5) is 25.5. The van der Waals surface area contributed by atoms with E-state index >= 15 is 0 Å². The fourth-order valence-corrected chi connectivity index (χ4v) is 2.24. The molecule has 19 heavy (non-hydrogen) atoms. The second-order valence-electron chi connectivity index (χ2n) is 6.03. The van der Waals surface area contributed by atoms with Crippen LogP contribution in [0, 0.1) is 5.41 Å². The van der Waals surface area contributed by atoms with Gasteiger partial charge in [0.15, 0.2) is 0 Å². The number of hydrogen-bond acceptors (Lipinski definition) is 4. The van der Waals surface area contributed by atoms with Gasteiger partial charge in [0.05, 0.1) is 6.04 Å². The molecular weight excluding hydrogens is 244 g/mol. The zero-order chi connectivity index (χ0) is 14.6. The van der Waals surface area contributed by atoms with E-state index in [-0.39, 0.29) is 23.4 Å². The molecule has 1 fully saturated rings. The maximum atomic E-state index is 12.0. The van der Waals surface area contributed by atoms with E-state index in [1.54, 1.807) is 0 Å². The van der Waals surface area contributed by atoms with Crippen LogP contribution in [0.15, 0.2) is 0 Å². The Kier molecular flexibility index (Phi) is 5.31. The van der Waals surface area contributed by atoms with Crippen LogP contribution < -0.4 is 16.4 Å². The molecule has 0 saturated carbocycles. The molecule has 0 aliphatic carbocycles.